The lowest BCUT2D eigenvalue weighted by atomic mass is 9.88. The molecule has 2 aliphatic heterocycles. The Balaban J connectivity index is 1.54. The van der Waals surface area contributed by atoms with E-state index in [0.29, 0.717) is 0 Å². The fourth-order valence-corrected chi connectivity index (χ4v) is 4.60. The predicted octanol–water partition coefficient (Wildman–Crippen LogP) is 3.29. The van der Waals surface area contributed by atoms with Crippen molar-refractivity contribution in [3.63, 3.8) is 0 Å². The fraction of sp³-hybridized carbons (Fsp3) is 0.647. The number of nitrogens with one attached hydrogen (secondary N) is 1. The van der Waals surface area contributed by atoms with Crippen LogP contribution in [0.4, 0.5) is 5.69 Å². The van der Waals surface area contributed by atoms with E-state index in [0.717, 1.165) is 24.5 Å². The number of likely N-dealkylation sites (tertiary alicyclic amines) is 1. The summed E-state index contributed by atoms with van der Waals surface area (Å²) in [6, 6.07) is 10.5. The van der Waals surface area contributed by atoms with E-state index in [1.165, 1.54) is 56.3 Å². The first-order valence-electron chi connectivity index (χ1n) is 7.99. The van der Waals surface area contributed by atoms with Crippen LogP contribution < -0.4 is 5.32 Å². The number of piperidine rings is 1. The van der Waals surface area contributed by atoms with Gasteiger partial charge in [0.05, 0.1) is 0 Å². The van der Waals surface area contributed by atoms with Crippen LogP contribution in [0.2, 0.25) is 0 Å². The Labute approximate surface area is 116 Å². The topological polar surface area (TPSA) is 15.3 Å². The molecular formula is C17H24N2. The molecule has 2 heteroatoms. The normalized spacial score (nSPS) is 34.4. The maximum absolute atomic E-state index is 3.65. The first-order valence-corrected chi connectivity index (χ1v) is 7.99. The molecule has 0 aromatic heterocycles. The largest absolute Gasteiger partial charge is 0.383 e. The van der Waals surface area contributed by atoms with Gasteiger partial charge in [-0.1, -0.05) is 24.6 Å². The molecule has 1 aromatic rings. The highest BCUT2D eigenvalue weighted by atomic mass is 15.2. The lowest BCUT2D eigenvalue weighted by Crippen LogP contribution is -2.52. The summed E-state index contributed by atoms with van der Waals surface area (Å²) in [6.45, 7) is 2.47. The third kappa shape index (κ3) is 2.06. The number of para-hydroxylation sites is 1. The van der Waals surface area contributed by atoms with Crippen molar-refractivity contribution in [3.05, 3.63) is 29.8 Å². The van der Waals surface area contributed by atoms with Gasteiger partial charge in [-0.2, -0.15) is 0 Å². The quantitative estimate of drug-likeness (QED) is 0.829. The third-order valence-corrected chi connectivity index (χ3v) is 5.51. The monoisotopic (exact) mass is 256 g/mol. The standard InChI is InChI=1S/C17H24N2/c1-2-8-16-14(5-1)11-15(12-18-16)19-10-4-7-13-6-3-9-17(13)19/h1-2,5,8,13,15,17-18H,3-4,6-7,9-12H2. The zero-order valence-electron chi connectivity index (χ0n) is 11.6. The Morgan fingerprint density at radius 1 is 1.05 bits per heavy atom. The molecule has 4 rings (SSSR count). The van der Waals surface area contributed by atoms with Crippen molar-refractivity contribution >= 4 is 5.69 Å². The highest BCUT2D eigenvalue weighted by Crippen LogP contribution is 2.39. The van der Waals surface area contributed by atoms with Gasteiger partial charge in [0.25, 0.3) is 0 Å². The Morgan fingerprint density at radius 3 is 2.95 bits per heavy atom. The summed E-state index contributed by atoms with van der Waals surface area (Å²) in [4.78, 5) is 2.85. The van der Waals surface area contributed by atoms with Gasteiger partial charge in [-0.25, -0.2) is 0 Å². The number of benzene rings is 1. The lowest BCUT2D eigenvalue weighted by molar-refractivity contribution is 0.0710. The molecule has 1 N–H and O–H groups in total. The second kappa shape index (κ2) is 4.82. The molecule has 3 unspecified atom stereocenters. The number of nitrogens with zero attached hydrogens (tertiary/aromatic N) is 1. The highest BCUT2D eigenvalue weighted by molar-refractivity contribution is 5.53. The maximum Gasteiger partial charge on any atom is 0.0373 e. The van der Waals surface area contributed by atoms with Crippen LogP contribution in [0.25, 0.3) is 0 Å². The van der Waals surface area contributed by atoms with Crippen molar-refractivity contribution in [1.29, 1.82) is 0 Å². The van der Waals surface area contributed by atoms with E-state index in [-0.39, 0.29) is 0 Å². The predicted molar refractivity (Wildman–Crippen MR) is 79.5 cm³/mol. The summed E-state index contributed by atoms with van der Waals surface area (Å²) in [5, 5.41) is 3.65. The summed E-state index contributed by atoms with van der Waals surface area (Å²) in [5.74, 6) is 1.01. The summed E-state index contributed by atoms with van der Waals surface area (Å²) in [6.07, 6.45) is 8.53. The van der Waals surface area contributed by atoms with Crippen molar-refractivity contribution in [1.82, 2.24) is 4.90 Å². The van der Waals surface area contributed by atoms with Crippen LogP contribution in [0.1, 0.15) is 37.7 Å². The number of rotatable bonds is 1. The second-order valence-electron chi connectivity index (χ2n) is 6.53. The van der Waals surface area contributed by atoms with E-state index in [4.69, 9.17) is 0 Å². The van der Waals surface area contributed by atoms with E-state index in [2.05, 4.69) is 34.5 Å². The minimum Gasteiger partial charge on any atom is -0.383 e. The molecule has 2 fully saturated rings. The lowest BCUT2D eigenvalue weighted by Gasteiger charge is -2.44. The van der Waals surface area contributed by atoms with Gasteiger partial charge < -0.3 is 5.32 Å². The maximum atomic E-state index is 3.65. The van der Waals surface area contributed by atoms with Crippen molar-refractivity contribution in [2.24, 2.45) is 5.92 Å². The van der Waals surface area contributed by atoms with Crippen molar-refractivity contribution < 1.29 is 0 Å². The molecule has 1 aliphatic carbocycles. The fourth-order valence-electron chi connectivity index (χ4n) is 4.60. The molecule has 0 bridgehead atoms. The van der Waals surface area contributed by atoms with Crippen molar-refractivity contribution in [2.75, 3.05) is 18.4 Å². The number of anilines is 1. The molecule has 1 aromatic carbocycles. The Hall–Kier alpha value is -1.02. The highest BCUT2D eigenvalue weighted by Gasteiger charge is 2.38. The molecule has 0 spiro atoms. The average Bonchev–Trinajstić information content (AvgIpc) is 2.95. The minimum atomic E-state index is 0.723. The van der Waals surface area contributed by atoms with Gasteiger partial charge in [0.2, 0.25) is 0 Å². The van der Waals surface area contributed by atoms with Gasteiger partial charge in [0.1, 0.15) is 0 Å². The molecule has 1 saturated heterocycles. The summed E-state index contributed by atoms with van der Waals surface area (Å²) < 4.78 is 0. The molecule has 3 aliphatic rings. The zero-order valence-corrected chi connectivity index (χ0v) is 11.6. The summed E-state index contributed by atoms with van der Waals surface area (Å²) in [7, 11) is 0. The SMILES string of the molecule is c1ccc2c(c1)CC(N1CCCC3CCCC31)CN2. The Bertz CT molecular complexity index is 456. The van der Waals surface area contributed by atoms with Crippen LogP contribution in [-0.2, 0) is 6.42 Å². The number of hydrogen-bond donors (Lipinski definition) is 1. The Kier molecular flexibility index (Phi) is 2.99. The second-order valence-corrected chi connectivity index (χ2v) is 6.53. The minimum absolute atomic E-state index is 0.723. The van der Waals surface area contributed by atoms with Gasteiger partial charge in [0.15, 0.2) is 0 Å². The van der Waals surface area contributed by atoms with Crippen LogP contribution in [0.15, 0.2) is 24.3 Å². The summed E-state index contributed by atoms with van der Waals surface area (Å²) in [5.41, 5.74) is 2.87. The summed E-state index contributed by atoms with van der Waals surface area (Å²) >= 11 is 0. The van der Waals surface area contributed by atoms with Gasteiger partial charge in [0, 0.05) is 24.3 Å². The molecule has 102 valence electrons. The van der Waals surface area contributed by atoms with Gasteiger partial charge >= 0.3 is 0 Å². The van der Waals surface area contributed by atoms with Crippen LogP contribution >= 0.6 is 0 Å². The first kappa shape index (κ1) is 11.8. The first-order chi connectivity index (χ1) is 9.42. The molecule has 3 atom stereocenters. The molecule has 19 heavy (non-hydrogen) atoms. The number of fused-ring (bicyclic) bond motifs is 2. The van der Waals surface area contributed by atoms with E-state index in [1.807, 2.05) is 0 Å². The average molecular weight is 256 g/mol. The van der Waals surface area contributed by atoms with Gasteiger partial charge in [-0.3, -0.25) is 4.90 Å². The molecule has 0 radical (unpaired) electrons. The van der Waals surface area contributed by atoms with Gasteiger partial charge in [-0.05, 0) is 56.2 Å². The van der Waals surface area contributed by atoms with E-state index in [9.17, 15) is 0 Å². The number of hydrogen-bond acceptors (Lipinski definition) is 2. The molecule has 2 nitrogen and oxygen atoms in total. The molecule has 1 saturated carbocycles. The van der Waals surface area contributed by atoms with Gasteiger partial charge in [-0.15, -0.1) is 0 Å². The third-order valence-electron chi connectivity index (χ3n) is 5.51. The smallest absolute Gasteiger partial charge is 0.0373 e. The zero-order chi connectivity index (χ0) is 12.7. The molecular weight excluding hydrogens is 232 g/mol. The molecule has 0 amide bonds. The van der Waals surface area contributed by atoms with Crippen LogP contribution in [-0.4, -0.2) is 30.1 Å². The van der Waals surface area contributed by atoms with Crippen LogP contribution in [0.5, 0.6) is 0 Å². The van der Waals surface area contributed by atoms with Crippen molar-refractivity contribution in [2.45, 2.75) is 50.6 Å². The van der Waals surface area contributed by atoms with E-state index < -0.39 is 0 Å². The Morgan fingerprint density at radius 2 is 1.95 bits per heavy atom. The van der Waals surface area contributed by atoms with E-state index >= 15 is 0 Å². The van der Waals surface area contributed by atoms with Crippen molar-refractivity contribution in [3.8, 4) is 0 Å². The van der Waals surface area contributed by atoms with E-state index in [1.54, 1.807) is 0 Å². The van der Waals surface area contributed by atoms with Crippen LogP contribution in [0, 0.1) is 5.92 Å². The molecule has 2 heterocycles. The van der Waals surface area contributed by atoms with Crippen LogP contribution in [0.3, 0.4) is 0 Å².